The molecular weight excluding hydrogens is 174 g/mol. The summed E-state index contributed by atoms with van der Waals surface area (Å²) in [5.41, 5.74) is -1.18. The zero-order valence-corrected chi connectivity index (χ0v) is 7.46. The average Bonchev–Trinajstić information content (AvgIpc) is 2.30. The van der Waals surface area contributed by atoms with E-state index in [1.165, 1.54) is 13.8 Å². The van der Waals surface area contributed by atoms with E-state index < -0.39 is 29.1 Å². The first-order chi connectivity index (χ1) is 5.85. The van der Waals surface area contributed by atoms with Gasteiger partial charge in [0.15, 0.2) is 0 Å². The van der Waals surface area contributed by atoms with E-state index in [1.54, 1.807) is 0 Å². The Morgan fingerprint density at radius 2 is 2.08 bits per heavy atom. The standard InChI is InChI=1S/C8H11NO4/c1-8(2,7(12)13)4-3-5(10)9-6(4)11/h4H,3H2,1-2H3,(H,12,13)(H,9,10,11)/t4-/m0/s1. The van der Waals surface area contributed by atoms with Crippen LogP contribution in [0.25, 0.3) is 0 Å². The summed E-state index contributed by atoms with van der Waals surface area (Å²) in [6.07, 6.45) is -0.0296. The molecule has 0 spiro atoms. The van der Waals surface area contributed by atoms with Crippen LogP contribution in [-0.4, -0.2) is 22.9 Å². The maximum Gasteiger partial charge on any atom is 0.309 e. The van der Waals surface area contributed by atoms with Crippen molar-refractivity contribution in [3.8, 4) is 0 Å². The number of carboxylic acids is 1. The van der Waals surface area contributed by atoms with Gasteiger partial charge in [-0.15, -0.1) is 0 Å². The molecule has 13 heavy (non-hydrogen) atoms. The number of hydrogen-bond acceptors (Lipinski definition) is 3. The predicted molar refractivity (Wildman–Crippen MR) is 42.7 cm³/mol. The number of nitrogens with one attached hydrogen (secondary N) is 1. The molecule has 0 unspecified atom stereocenters. The smallest absolute Gasteiger partial charge is 0.309 e. The van der Waals surface area contributed by atoms with Crippen molar-refractivity contribution in [2.24, 2.45) is 11.3 Å². The van der Waals surface area contributed by atoms with Crippen LogP contribution in [0, 0.1) is 11.3 Å². The highest BCUT2D eigenvalue weighted by atomic mass is 16.4. The number of rotatable bonds is 2. The molecule has 1 fully saturated rings. The zero-order chi connectivity index (χ0) is 10.2. The van der Waals surface area contributed by atoms with Crippen molar-refractivity contribution in [3.05, 3.63) is 0 Å². The highest BCUT2D eigenvalue weighted by Crippen LogP contribution is 2.32. The second-order valence-corrected chi connectivity index (χ2v) is 3.70. The van der Waals surface area contributed by atoms with Crippen LogP contribution in [0.3, 0.4) is 0 Å². The third kappa shape index (κ3) is 1.54. The number of carbonyl (C=O) groups excluding carboxylic acids is 2. The minimum atomic E-state index is -1.18. The third-order valence-electron chi connectivity index (χ3n) is 2.39. The number of carbonyl (C=O) groups is 3. The Morgan fingerprint density at radius 3 is 2.38 bits per heavy atom. The molecule has 0 bridgehead atoms. The lowest BCUT2D eigenvalue weighted by Gasteiger charge is -2.23. The molecule has 1 rings (SSSR count). The quantitative estimate of drug-likeness (QED) is 0.581. The van der Waals surface area contributed by atoms with E-state index in [1.807, 2.05) is 0 Å². The Morgan fingerprint density at radius 1 is 1.54 bits per heavy atom. The summed E-state index contributed by atoms with van der Waals surface area (Å²) in [5.74, 6) is -2.71. The lowest BCUT2D eigenvalue weighted by Crippen LogP contribution is -2.37. The van der Waals surface area contributed by atoms with Crippen LogP contribution in [0.5, 0.6) is 0 Å². The third-order valence-corrected chi connectivity index (χ3v) is 2.39. The number of carboxylic acid groups (broad SMARTS) is 1. The van der Waals surface area contributed by atoms with Crippen LogP contribution in [0.1, 0.15) is 20.3 Å². The molecule has 1 aliphatic heterocycles. The summed E-state index contributed by atoms with van der Waals surface area (Å²) < 4.78 is 0. The first-order valence-corrected chi connectivity index (χ1v) is 3.93. The van der Waals surface area contributed by atoms with Crippen LogP contribution < -0.4 is 5.32 Å². The Labute approximate surface area is 75.1 Å². The number of amides is 2. The molecule has 0 aromatic rings. The van der Waals surface area contributed by atoms with Gasteiger partial charge in [-0.1, -0.05) is 0 Å². The van der Waals surface area contributed by atoms with Gasteiger partial charge in [0.1, 0.15) is 0 Å². The van der Waals surface area contributed by atoms with E-state index in [0.717, 1.165) is 0 Å². The molecule has 0 radical (unpaired) electrons. The van der Waals surface area contributed by atoms with E-state index in [2.05, 4.69) is 5.32 Å². The Kier molecular flexibility index (Phi) is 2.11. The van der Waals surface area contributed by atoms with Gasteiger partial charge in [0.2, 0.25) is 11.8 Å². The molecule has 5 nitrogen and oxygen atoms in total. The Bertz CT molecular complexity index is 282. The van der Waals surface area contributed by atoms with Gasteiger partial charge in [-0.05, 0) is 13.8 Å². The number of hydrogen-bond donors (Lipinski definition) is 2. The van der Waals surface area contributed by atoms with Crippen molar-refractivity contribution < 1.29 is 19.5 Å². The van der Waals surface area contributed by atoms with E-state index >= 15 is 0 Å². The summed E-state index contributed by atoms with van der Waals surface area (Å²) in [6, 6.07) is 0. The van der Waals surface area contributed by atoms with Crippen molar-refractivity contribution in [1.29, 1.82) is 0 Å². The molecule has 2 amide bonds. The molecule has 0 saturated carbocycles. The van der Waals surface area contributed by atoms with E-state index in [-0.39, 0.29) is 6.42 Å². The maximum atomic E-state index is 11.1. The fourth-order valence-electron chi connectivity index (χ4n) is 1.29. The average molecular weight is 185 g/mol. The lowest BCUT2D eigenvalue weighted by atomic mass is 9.78. The summed E-state index contributed by atoms with van der Waals surface area (Å²) in [4.78, 5) is 32.7. The van der Waals surface area contributed by atoms with Crippen LogP contribution in [0.15, 0.2) is 0 Å². The number of aliphatic carboxylic acids is 1. The molecule has 1 saturated heterocycles. The van der Waals surface area contributed by atoms with Crippen LogP contribution >= 0.6 is 0 Å². The van der Waals surface area contributed by atoms with Gasteiger partial charge in [0.05, 0.1) is 11.3 Å². The van der Waals surface area contributed by atoms with Crippen molar-refractivity contribution in [2.75, 3.05) is 0 Å². The molecule has 0 aliphatic carbocycles. The molecule has 1 heterocycles. The zero-order valence-electron chi connectivity index (χ0n) is 7.46. The lowest BCUT2D eigenvalue weighted by molar-refractivity contribution is -0.152. The highest BCUT2D eigenvalue weighted by Gasteiger charge is 2.46. The van der Waals surface area contributed by atoms with E-state index in [4.69, 9.17) is 5.11 Å². The van der Waals surface area contributed by atoms with Crippen LogP contribution in [-0.2, 0) is 14.4 Å². The van der Waals surface area contributed by atoms with E-state index in [9.17, 15) is 14.4 Å². The van der Waals surface area contributed by atoms with Gasteiger partial charge < -0.3 is 5.11 Å². The predicted octanol–water partition coefficient (Wildman–Crippen LogP) is -0.240. The minimum absolute atomic E-state index is 0.0296. The molecule has 0 aromatic heterocycles. The molecule has 0 aromatic carbocycles. The van der Waals surface area contributed by atoms with E-state index in [0.29, 0.717) is 0 Å². The summed E-state index contributed by atoms with van der Waals surface area (Å²) in [7, 11) is 0. The molecular formula is C8H11NO4. The fraction of sp³-hybridized carbons (Fsp3) is 0.625. The Hall–Kier alpha value is -1.39. The normalized spacial score (nSPS) is 23.1. The highest BCUT2D eigenvalue weighted by molar-refractivity contribution is 6.05. The minimum Gasteiger partial charge on any atom is -0.481 e. The van der Waals surface area contributed by atoms with Crippen molar-refractivity contribution in [1.82, 2.24) is 5.32 Å². The van der Waals surface area contributed by atoms with Gasteiger partial charge in [-0.3, -0.25) is 19.7 Å². The van der Waals surface area contributed by atoms with Gasteiger partial charge in [0.25, 0.3) is 0 Å². The first kappa shape index (κ1) is 9.70. The Balaban J connectivity index is 2.89. The van der Waals surface area contributed by atoms with Crippen LogP contribution in [0.2, 0.25) is 0 Å². The summed E-state index contributed by atoms with van der Waals surface area (Å²) >= 11 is 0. The number of imide groups is 1. The fourth-order valence-corrected chi connectivity index (χ4v) is 1.29. The summed E-state index contributed by atoms with van der Waals surface area (Å²) in [6.45, 7) is 2.89. The van der Waals surface area contributed by atoms with Gasteiger partial charge in [-0.2, -0.15) is 0 Å². The SMILES string of the molecule is CC(C)(C(=O)O)[C@H]1CC(=O)NC1=O. The molecule has 2 N–H and O–H groups in total. The van der Waals surface area contributed by atoms with Crippen LogP contribution in [0.4, 0.5) is 0 Å². The maximum absolute atomic E-state index is 11.1. The largest absolute Gasteiger partial charge is 0.481 e. The van der Waals surface area contributed by atoms with Gasteiger partial charge in [-0.25, -0.2) is 0 Å². The monoisotopic (exact) mass is 185 g/mol. The molecule has 5 heteroatoms. The molecule has 1 atom stereocenters. The molecule has 72 valence electrons. The summed E-state index contributed by atoms with van der Waals surface area (Å²) in [5, 5.41) is 10.9. The molecule has 1 aliphatic rings. The van der Waals surface area contributed by atoms with Gasteiger partial charge in [0, 0.05) is 6.42 Å². The second kappa shape index (κ2) is 2.83. The van der Waals surface area contributed by atoms with Crippen molar-refractivity contribution >= 4 is 17.8 Å². The van der Waals surface area contributed by atoms with Gasteiger partial charge >= 0.3 is 5.97 Å². The van der Waals surface area contributed by atoms with Crippen molar-refractivity contribution in [2.45, 2.75) is 20.3 Å². The first-order valence-electron chi connectivity index (χ1n) is 3.93. The second-order valence-electron chi connectivity index (χ2n) is 3.70. The topological polar surface area (TPSA) is 83.5 Å². The van der Waals surface area contributed by atoms with Crippen molar-refractivity contribution in [3.63, 3.8) is 0 Å².